The number of imidazole rings is 1. The minimum absolute atomic E-state index is 0.0172. The maximum Gasteiger partial charge on any atom is 0.416 e. The molecule has 16 heteroatoms. The van der Waals surface area contributed by atoms with Gasteiger partial charge in [-0.25, -0.2) is 28.4 Å². The molecular formula is C30H28F3N7O6. The predicted octanol–water partition coefficient (Wildman–Crippen LogP) is 1.34. The Morgan fingerprint density at radius 2 is 2.02 bits per heavy atom. The Hall–Kier alpha value is -5.69. The van der Waals surface area contributed by atoms with Crippen molar-refractivity contribution in [2.24, 2.45) is 0 Å². The van der Waals surface area contributed by atoms with E-state index in [0.717, 1.165) is 12.1 Å². The van der Waals surface area contributed by atoms with Crippen molar-refractivity contribution < 1.29 is 42.3 Å². The second-order valence-electron chi connectivity index (χ2n) is 9.96. The molecule has 0 saturated carbocycles. The van der Waals surface area contributed by atoms with Gasteiger partial charge in [-0.3, -0.25) is 4.90 Å². The molecule has 0 amide bonds. The summed E-state index contributed by atoms with van der Waals surface area (Å²) in [6.45, 7) is 1.91. The third-order valence-corrected chi connectivity index (χ3v) is 7.29. The zero-order chi connectivity index (χ0) is 33.6. The van der Waals surface area contributed by atoms with Crippen LogP contribution < -0.4 is 20.3 Å². The van der Waals surface area contributed by atoms with Crippen molar-refractivity contribution in [1.29, 1.82) is 5.26 Å². The van der Waals surface area contributed by atoms with Crippen LogP contribution in [0.2, 0.25) is 0 Å². The average molecular weight is 640 g/mol. The van der Waals surface area contributed by atoms with Gasteiger partial charge in [0.2, 0.25) is 12.3 Å². The number of carbonyl (C=O) groups is 2. The van der Waals surface area contributed by atoms with E-state index in [9.17, 15) is 33.1 Å². The van der Waals surface area contributed by atoms with Gasteiger partial charge in [-0.15, -0.1) is 5.10 Å². The van der Waals surface area contributed by atoms with E-state index in [1.54, 1.807) is 25.1 Å². The lowest BCUT2D eigenvalue weighted by molar-refractivity contribution is -0.697. The molecule has 0 saturated heterocycles. The van der Waals surface area contributed by atoms with E-state index in [2.05, 4.69) is 16.3 Å². The molecule has 1 aliphatic rings. The highest BCUT2D eigenvalue weighted by molar-refractivity contribution is 5.93. The summed E-state index contributed by atoms with van der Waals surface area (Å²) >= 11 is 0. The minimum atomic E-state index is -4.63. The molecule has 0 aliphatic carbocycles. The van der Waals surface area contributed by atoms with Crippen LogP contribution in [0.1, 0.15) is 35.2 Å². The maximum atomic E-state index is 13.6. The smallest absolute Gasteiger partial charge is 0.416 e. The van der Waals surface area contributed by atoms with Gasteiger partial charge in [0.15, 0.2) is 0 Å². The van der Waals surface area contributed by atoms with Crippen molar-refractivity contribution in [3.05, 3.63) is 105 Å². The summed E-state index contributed by atoms with van der Waals surface area (Å²) in [6, 6.07) is 10.4. The number of aryl methyl sites for hydroxylation is 2. The lowest BCUT2D eigenvalue weighted by Crippen LogP contribution is -2.38. The van der Waals surface area contributed by atoms with Gasteiger partial charge in [0.05, 0.1) is 43.0 Å². The lowest BCUT2D eigenvalue weighted by atomic mass is 9.89. The SMILES string of the molecule is COC(=O)C1=C(C)N(c2cccc(C(F)(F)F)c2)c2n[nH]c(=O)n2[C@@H]1c1ccc(C#N)cc1CCn1cc[n+](CCO)c1.O=C[O-]. The molecule has 2 aromatic heterocycles. The third kappa shape index (κ3) is 6.69. The molecule has 0 radical (unpaired) electrons. The first-order valence-electron chi connectivity index (χ1n) is 13.7. The number of carboxylic acid groups (broad SMARTS) is 1. The number of hydrogen-bond acceptors (Lipinski definition) is 9. The Kier molecular flexibility index (Phi) is 10.1. The van der Waals surface area contributed by atoms with E-state index < -0.39 is 35.9 Å². The van der Waals surface area contributed by atoms with Crippen LogP contribution in [0, 0.1) is 11.3 Å². The second kappa shape index (κ2) is 13.9. The molecule has 13 nitrogen and oxygen atoms in total. The van der Waals surface area contributed by atoms with Gasteiger partial charge in [0, 0.05) is 24.3 Å². The summed E-state index contributed by atoms with van der Waals surface area (Å²) < 4.78 is 50.8. The molecule has 5 rings (SSSR count). The molecule has 2 aromatic carbocycles. The van der Waals surface area contributed by atoms with Crippen molar-refractivity contribution in [2.45, 2.75) is 38.7 Å². The van der Waals surface area contributed by atoms with Crippen molar-refractivity contribution in [1.82, 2.24) is 19.3 Å². The van der Waals surface area contributed by atoms with Gasteiger partial charge in [-0.1, -0.05) is 12.1 Å². The molecule has 240 valence electrons. The topological polar surface area (TPSA) is 173 Å². The molecule has 0 unspecified atom stereocenters. The number of anilines is 2. The van der Waals surface area contributed by atoms with E-state index in [0.29, 0.717) is 36.2 Å². The molecule has 2 N–H and O–H groups in total. The highest BCUT2D eigenvalue weighted by Crippen LogP contribution is 2.43. The lowest BCUT2D eigenvalue weighted by Gasteiger charge is -2.36. The number of nitrogens with zero attached hydrogens (tertiary/aromatic N) is 6. The molecule has 1 aliphatic heterocycles. The van der Waals surface area contributed by atoms with Crippen molar-refractivity contribution in [3.8, 4) is 6.07 Å². The molecule has 46 heavy (non-hydrogen) atoms. The summed E-state index contributed by atoms with van der Waals surface area (Å²) in [5.74, 6) is -0.811. The number of H-pyrrole nitrogens is 1. The maximum absolute atomic E-state index is 13.6. The Morgan fingerprint density at radius 1 is 1.28 bits per heavy atom. The molecular weight excluding hydrogens is 611 g/mol. The number of aliphatic hydroxyl groups excluding tert-OH is 1. The number of alkyl halides is 3. The zero-order valence-corrected chi connectivity index (χ0v) is 24.6. The summed E-state index contributed by atoms with van der Waals surface area (Å²) in [7, 11) is 1.18. The number of nitrogens with one attached hydrogen (secondary N) is 1. The van der Waals surface area contributed by atoms with Gasteiger partial charge in [0.1, 0.15) is 25.0 Å². The first kappa shape index (κ1) is 33.2. The summed E-state index contributed by atoms with van der Waals surface area (Å²) in [4.78, 5) is 36.2. The van der Waals surface area contributed by atoms with Gasteiger partial charge in [-0.05, 0) is 48.4 Å². The number of methoxy groups -OCH3 is 1. The van der Waals surface area contributed by atoms with E-state index >= 15 is 0 Å². The minimum Gasteiger partial charge on any atom is -0.554 e. The summed E-state index contributed by atoms with van der Waals surface area (Å²) in [6.07, 6.45) is 1.23. The van der Waals surface area contributed by atoms with Crippen LogP contribution in [0.5, 0.6) is 0 Å². The number of hydrogen-bond donors (Lipinski definition) is 2. The predicted molar refractivity (Wildman–Crippen MR) is 152 cm³/mol. The number of nitriles is 1. The van der Waals surface area contributed by atoms with Crippen LogP contribution in [0.3, 0.4) is 0 Å². The third-order valence-electron chi connectivity index (χ3n) is 7.29. The van der Waals surface area contributed by atoms with Crippen molar-refractivity contribution in [2.75, 3.05) is 18.6 Å². The number of aliphatic hydroxyl groups is 1. The number of allylic oxidation sites excluding steroid dienone is 1. The monoisotopic (exact) mass is 639 g/mol. The number of halogens is 3. The van der Waals surface area contributed by atoms with E-state index in [4.69, 9.17) is 14.6 Å². The average Bonchev–Trinajstić information content (AvgIpc) is 3.65. The number of rotatable bonds is 8. The zero-order valence-electron chi connectivity index (χ0n) is 24.6. The first-order chi connectivity index (χ1) is 22.0. The van der Waals surface area contributed by atoms with E-state index in [1.165, 1.54) is 28.7 Å². The van der Waals surface area contributed by atoms with Crippen LogP contribution in [0.15, 0.2) is 77.3 Å². The van der Waals surface area contributed by atoms with Gasteiger partial charge < -0.3 is 19.7 Å². The number of aromatic nitrogens is 5. The van der Waals surface area contributed by atoms with Gasteiger partial charge in [-0.2, -0.15) is 18.4 Å². The number of aromatic amines is 1. The Balaban J connectivity index is 0.00000154. The Labute approximate surface area is 259 Å². The van der Waals surface area contributed by atoms with Gasteiger partial charge in [0.25, 0.3) is 0 Å². The molecule has 0 bridgehead atoms. The molecule has 3 heterocycles. The van der Waals surface area contributed by atoms with Crippen LogP contribution in [-0.2, 0) is 40.0 Å². The highest BCUT2D eigenvalue weighted by Gasteiger charge is 2.41. The first-order valence-corrected chi connectivity index (χ1v) is 13.7. The number of fused-ring (bicyclic) bond motifs is 1. The molecule has 0 fully saturated rings. The number of carbonyl (C=O) groups excluding carboxylic acids is 2. The van der Waals surface area contributed by atoms with E-state index in [1.807, 2.05) is 27.9 Å². The quantitative estimate of drug-likeness (QED) is 0.164. The standard InChI is InChI=1S/C29H26F3N7O4.CH2O2/c1-18-24(26(41)43-2)25(23-7-6-19(16-33)14-20(23)8-9-36-10-11-37(17-36)12-13-40)39-27(34-35-28(39)42)38(18)22-5-3-4-21(15-22)29(30,31)32;2-1-3/h3-7,10-11,14-15,17,25,40H,8-9,12-13H2,1-2H3;1H,(H,2,3)/t25-;/m1./s1. The molecule has 0 spiro atoms. The summed E-state index contributed by atoms with van der Waals surface area (Å²) in [5, 5.41) is 33.6. The van der Waals surface area contributed by atoms with Crippen LogP contribution in [-0.4, -0.2) is 50.6 Å². The van der Waals surface area contributed by atoms with Crippen molar-refractivity contribution in [3.63, 3.8) is 0 Å². The molecule has 1 atom stereocenters. The van der Waals surface area contributed by atoms with Crippen LogP contribution >= 0.6 is 0 Å². The Bertz CT molecular complexity index is 1870. The van der Waals surface area contributed by atoms with Gasteiger partial charge >= 0.3 is 17.8 Å². The molecule has 4 aromatic rings. The fourth-order valence-corrected chi connectivity index (χ4v) is 5.31. The summed E-state index contributed by atoms with van der Waals surface area (Å²) in [5.41, 5.74) is 0.201. The Morgan fingerprint density at radius 3 is 2.67 bits per heavy atom. The van der Waals surface area contributed by atoms with Crippen molar-refractivity contribution >= 4 is 24.1 Å². The van der Waals surface area contributed by atoms with E-state index in [-0.39, 0.29) is 29.5 Å². The number of benzene rings is 2. The van der Waals surface area contributed by atoms with Crippen LogP contribution in [0.4, 0.5) is 24.8 Å². The van der Waals surface area contributed by atoms with Crippen LogP contribution in [0.25, 0.3) is 0 Å². The highest BCUT2D eigenvalue weighted by atomic mass is 19.4. The normalized spacial score (nSPS) is 14.2. The fourth-order valence-electron chi connectivity index (χ4n) is 5.31. The fraction of sp³-hybridized carbons (Fsp3) is 0.267. The second-order valence-corrected chi connectivity index (χ2v) is 9.96. The number of esters is 1. The largest absolute Gasteiger partial charge is 0.554 e. The number of ether oxygens (including phenoxy) is 1.